The number of thioether (sulfide) groups is 2. The number of likely N-dealkylation sites (N-methyl/N-ethyl adjacent to an activating group) is 1. The number of nitrogens with one attached hydrogen (secondary N) is 1. The predicted octanol–water partition coefficient (Wildman–Crippen LogP) is 4.35. The molecule has 2 rings (SSSR count). The van der Waals surface area contributed by atoms with Crippen LogP contribution in [0.2, 0.25) is 0 Å². The van der Waals surface area contributed by atoms with Gasteiger partial charge < -0.3 is 5.32 Å². The average molecular weight is 324 g/mol. The number of benzene rings is 1. The van der Waals surface area contributed by atoms with E-state index in [0.717, 1.165) is 16.9 Å². The van der Waals surface area contributed by atoms with Gasteiger partial charge in [-0.05, 0) is 30.0 Å². The van der Waals surface area contributed by atoms with Crippen molar-refractivity contribution in [2.45, 2.75) is 56.1 Å². The first-order chi connectivity index (χ1) is 9.91. The molecule has 3 unspecified atom stereocenters. The predicted molar refractivity (Wildman–Crippen MR) is 99.9 cm³/mol. The Kier molecular flexibility index (Phi) is 6.10. The Morgan fingerprint density at radius 3 is 2.29 bits per heavy atom. The lowest BCUT2D eigenvalue weighted by Gasteiger charge is -2.34. The van der Waals surface area contributed by atoms with Gasteiger partial charge in [0.05, 0.1) is 0 Å². The van der Waals surface area contributed by atoms with E-state index < -0.39 is 0 Å². The highest BCUT2D eigenvalue weighted by Gasteiger charge is 2.29. The van der Waals surface area contributed by atoms with Crippen molar-refractivity contribution in [3.05, 3.63) is 35.4 Å². The number of rotatable bonds is 4. The molecular formula is C18H29NS2. The Labute approximate surface area is 139 Å². The van der Waals surface area contributed by atoms with Crippen LogP contribution in [-0.4, -0.2) is 35.1 Å². The summed E-state index contributed by atoms with van der Waals surface area (Å²) in [6.07, 6.45) is 1.13. The van der Waals surface area contributed by atoms with E-state index in [2.05, 4.69) is 87.8 Å². The number of hydrogen-bond donors (Lipinski definition) is 1. The van der Waals surface area contributed by atoms with Crippen LogP contribution in [0.4, 0.5) is 0 Å². The lowest BCUT2D eigenvalue weighted by molar-refractivity contribution is 0.530. The Balaban J connectivity index is 2.04. The van der Waals surface area contributed by atoms with E-state index in [9.17, 15) is 0 Å². The minimum atomic E-state index is 0.241. The van der Waals surface area contributed by atoms with Gasteiger partial charge in [-0.15, -0.1) is 0 Å². The Bertz CT molecular complexity index is 436. The van der Waals surface area contributed by atoms with Crippen molar-refractivity contribution >= 4 is 23.5 Å². The molecule has 3 heteroatoms. The first-order valence-electron chi connectivity index (χ1n) is 7.91. The van der Waals surface area contributed by atoms with Crippen molar-refractivity contribution < 1.29 is 0 Å². The molecule has 1 N–H and O–H groups in total. The highest BCUT2D eigenvalue weighted by atomic mass is 32.2. The zero-order chi connectivity index (χ0) is 15.5. The Hall–Kier alpha value is -0.120. The maximum atomic E-state index is 3.56. The van der Waals surface area contributed by atoms with Crippen molar-refractivity contribution in [3.63, 3.8) is 0 Å². The highest BCUT2D eigenvalue weighted by Crippen LogP contribution is 2.34. The van der Waals surface area contributed by atoms with Gasteiger partial charge in [-0.1, -0.05) is 52.0 Å². The quantitative estimate of drug-likeness (QED) is 0.884. The van der Waals surface area contributed by atoms with Crippen LogP contribution in [-0.2, 0) is 11.8 Å². The molecule has 0 aromatic heterocycles. The molecule has 1 saturated heterocycles. The normalized spacial score (nSPS) is 24.8. The molecule has 21 heavy (non-hydrogen) atoms. The molecule has 1 aromatic rings. The molecular weight excluding hydrogens is 294 g/mol. The summed E-state index contributed by atoms with van der Waals surface area (Å²) in [7, 11) is 2.11. The summed E-state index contributed by atoms with van der Waals surface area (Å²) >= 11 is 4.27. The van der Waals surface area contributed by atoms with Crippen molar-refractivity contribution in [3.8, 4) is 0 Å². The van der Waals surface area contributed by atoms with Crippen molar-refractivity contribution in [1.82, 2.24) is 5.32 Å². The van der Waals surface area contributed by atoms with Crippen LogP contribution in [0, 0.1) is 0 Å². The van der Waals surface area contributed by atoms with Gasteiger partial charge >= 0.3 is 0 Å². The molecule has 1 aromatic carbocycles. The fourth-order valence-electron chi connectivity index (χ4n) is 2.87. The maximum absolute atomic E-state index is 3.56. The fraction of sp³-hybridized carbons (Fsp3) is 0.667. The van der Waals surface area contributed by atoms with Crippen LogP contribution in [0.3, 0.4) is 0 Å². The Morgan fingerprint density at radius 2 is 1.76 bits per heavy atom. The van der Waals surface area contributed by atoms with Gasteiger partial charge in [-0.2, -0.15) is 23.5 Å². The van der Waals surface area contributed by atoms with Crippen molar-refractivity contribution in [1.29, 1.82) is 0 Å². The third-order valence-corrected chi connectivity index (χ3v) is 7.53. The van der Waals surface area contributed by atoms with E-state index in [0.29, 0.717) is 6.04 Å². The zero-order valence-electron chi connectivity index (χ0n) is 14.0. The first kappa shape index (κ1) is 17.2. The summed E-state index contributed by atoms with van der Waals surface area (Å²) < 4.78 is 0. The van der Waals surface area contributed by atoms with E-state index in [1.807, 2.05) is 0 Å². The van der Waals surface area contributed by atoms with Crippen LogP contribution in [0.25, 0.3) is 0 Å². The lowest BCUT2D eigenvalue weighted by Crippen LogP contribution is -2.44. The molecule has 1 fully saturated rings. The molecule has 0 bridgehead atoms. The molecule has 118 valence electrons. The smallest absolute Gasteiger partial charge is 0.0320 e. The lowest BCUT2D eigenvalue weighted by atomic mass is 9.86. The minimum Gasteiger partial charge on any atom is -0.316 e. The Morgan fingerprint density at radius 1 is 1.14 bits per heavy atom. The van der Waals surface area contributed by atoms with Crippen molar-refractivity contribution in [2.75, 3.05) is 18.6 Å². The van der Waals surface area contributed by atoms with Gasteiger partial charge in [0.1, 0.15) is 0 Å². The SMILES string of the molecule is CNC(Cc1ccc(C(C)(C)C)cc1)C1SCCSC1C. The maximum Gasteiger partial charge on any atom is 0.0320 e. The topological polar surface area (TPSA) is 12.0 Å². The number of hydrogen-bond acceptors (Lipinski definition) is 3. The monoisotopic (exact) mass is 323 g/mol. The third kappa shape index (κ3) is 4.67. The average Bonchev–Trinajstić information content (AvgIpc) is 2.45. The van der Waals surface area contributed by atoms with Crippen LogP contribution < -0.4 is 5.32 Å². The van der Waals surface area contributed by atoms with Crippen LogP contribution in [0.15, 0.2) is 24.3 Å². The van der Waals surface area contributed by atoms with E-state index >= 15 is 0 Å². The van der Waals surface area contributed by atoms with Gasteiger partial charge in [0.25, 0.3) is 0 Å². The largest absolute Gasteiger partial charge is 0.316 e. The summed E-state index contributed by atoms with van der Waals surface area (Å²) in [4.78, 5) is 0. The molecule has 1 aliphatic heterocycles. The molecule has 0 saturated carbocycles. The van der Waals surface area contributed by atoms with Gasteiger partial charge in [0.2, 0.25) is 0 Å². The van der Waals surface area contributed by atoms with Gasteiger partial charge in [-0.3, -0.25) is 0 Å². The fourth-order valence-corrected chi connectivity index (χ4v) is 5.87. The standard InChI is InChI=1S/C18H29NS2/c1-13-17(21-11-10-20-13)16(19-5)12-14-6-8-15(9-7-14)18(2,3)4/h6-9,13,16-17,19H,10-12H2,1-5H3. The molecule has 0 spiro atoms. The van der Waals surface area contributed by atoms with E-state index in [-0.39, 0.29) is 5.41 Å². The van der Waals surface area contributed by atoms with Gasteiger partial charge in [0.15, 0.2) is 0 Å². The second-order valence-corrected chi connectivity index (χ2v) is 9.73. The molecule has 1 aliphatic rings. The summed E-state index contributed by atoms with van der Waals surface area (Å²) in [5.74, 6) is 2.60. The first-order valence-corrected chi connectivity index (χ1v) is 10.0. The van der Waals surface area contributed by atoms with E-state index in [1.54, 1.807) is 0 Å². The van der Waals surface area contributed by atoms with E-state index in [4.69, 9.17) is 0 Å². The molecule has 3 atom stereocenters. The van der Waals surface area contributed by atoms with Crippen LogP contribution in [0.1, 0.15) is 38.8 Å². The van der Waals surface area contributed by atoms with Crippen molar-refractivity contribution in [2.24, 2.45) is 0 Å². The minimum absolute atomic E-state index is 0.241. The molecule has 1 nitrogen and oxygen atoms in total. The van der Waals surface area contributed by atoms with E-state index in [1.165, 1.54) is 22.6 Å². The van der Waals surface area contributed by atoms with Crippen LogP contribution in [0.5, 0.6) is 0 Å². The summed E-state index contributed by atoms with van der Waals surface area (Å²) in [5, 5.41) is 5.03. The second-order valence-electron chi connectivity index (χ2n) is 6.96. The van der Waals surface area contributed by atoms with Gasteiger partial charge in [-0.25, -0.2) is 0 Å². The summed E-state index contributed by atoms with van der Waals surface area (Å²) in [5.41, 5.74) is 3.11. The molecule has 0 radical (unpaired) electrons. The van der Waals surface area contributed by atoms with Crippen LogP contribution >= 0.6 is 23.5 Å². The zero-order valence-corrected chi connectivity index (χ0v) is 15.6. The third-order valence-electron chi connectivity index (χ3n) is 4.28. The second kappa shape index (κ2) is 7.43. The molecule has 0 aliphatic carbocycles. The molecule has 0 amide bonds. The highest BCUT2D eigenvalue weighted by molar-refractivity contribution is 8.07. The van der Waals surface area contributed by atoms with Gasteiger partial charge in [0, 0.05) is 28.0 Å². The summed E-state index contributed by atoms with van der Waals surface area (Å²) in [6, 6.07) is 9.80. The molecule has 1 heterocycles. The summed E-state index contributed by atoms with van der Waals surface area (Å²) in [6.45, 7) is 9.20.